The van der Waals surface area contributed by atoms with Crippen molar-refractivity contribution >= 4 is 23.3 Å². The lowest BCUT2D eigenvalue weighted by Gasteiger charge is -2.32. The number of ether oxygens (including phenoxy) is 1. The second-order valence-corrected chi connectivity index (χ2v) is 7.13. The number of thiophene rings is 1. The van der Waals surface area contributed by atoms with Crippen molar-refractivity contribution in [2.75, 3.05) is 33.2 Å². The first-order valence-electron chi connectivity index (χ1n) is 8.60. The van der Waals surface area contributed by atoms with Crippen LogP contribution in [-0.4, -0.2) is 55.0 Å². The second kappa shape index (κ2) is 8.82. The highest BCUT2D eigenvalue weighted by atomic mass is 32.1. The van der Waals surface area contributed by atoms with E-state index in [4.69, 9.17) is 4.74 Å². The van der Waals surface area contributed by atoms with E-state index in [2.05, 4.69) is 17.3 Å². The zero-order chi connectivity index (χ0) is 18.4. The first-order valence-corrected chi connectivity index (χ1v) is 9.54. The van der Waals surface area contributed by atoms with Crippen LogP contribution >= 0.6 is 11.3 Å². The maximum Gasteiger partial charge on any atom is 0.407 e. The highest BCUT2D eigenvalue weighted by molar-refractivity contribution is 7.07. The molecule has 138 valence electrons. The standard InChI is InChI=1S/C19H23N3O3S/c1-21-7-9-22(10-8-21)18(23)17-4-2-15(3-5-17)13-25-19(24)20-12-16-6-11-26-14-16/h2-6,11,14H,7-10,12-13H2,1H3,(H,20,24). The summed E-state index contributed by atoms with van der Waals surface area (Å²) in [6, 6.07) is 9.21. The maximum atomic E-state index is 12.5. The van der Waals surface area contributed by atoms with Gasteiger partial charge in [-0.2, -0.15) is 11.3 Å². The van der Waals surface area contributed by atoms with Crippen molar-refractivity contribution in [1.82, 2.24) is 15.1 Å². The molecule has 1 aliphatic heterocycles. The fourth-order valence-electron chi connectivity index (χ4n) is 2.70. The Morgan fingerprint density at radius 1 is 1.08 bits per heavy atom. The molecular weight excluding hydrogens is 350 g/mol. The van der Waals surface area contributed by atoms with Gasteiger partial charge < -0.3 is 19.9 Å². The molecule has 0 aliphatic carbocycles. The SMILES string of the molecule is CN1CCN(C(=O)c2ccc(COC(=O)NCc3ccsc3)cc2)CC1. The van der Waals surface area contributed by atoms with Crippen LogP contribution in [0.15, 0.2) is 41.1 Å². The number of benzene rings is 1. The summed E-state index contributed by atoms with van der Waals surface area (Å²) in [4.78, 5) is 28.3. The van der Waals surface area contributed by atoms with E-state index in [1.54, 1.807) is 23.5 Å². The molecule has 2 aromatic rings. The fraction of sp³-hybridized carbons (Fsp3) is 0.368. The lowest BCUT2D eigenvalue weighted by atomic mass is 10.1. The van der Waals surface area contributed by atoms with Gasteiger partial charge in [-0.25, -0.2) is 4.79 Å². The van der Waals surface area contributed by atoms with E-state index in [1.807, 2.05) is 33.9 Å². The van der Waals surface area contributed by atoms with Crippen molar-refractivity contribution in [3.8, 4) is 0 Å². The largest absolute Gasteiger partial charge is 0.445 e. The molecule has 0 unspecified atom stereocenters. The van der Waals surface area contributed by atoms with Crippen LogP contribution in [0.25, 0.3) is 0 Å². The van der Waals surface area contributed by atoms with Crippen LogP contribution in [0.3, 0.4) is 0 Å². The summed E-state index contributed by atoms with van der Waals surface area (Å²) in [6.07, 6.45) is -0.450. The van der Waals surface area contributed by atoms with Gasteiger partial charge in [0.15, 0.2) is 0 Å². The molecular formula is C19H23N3O3S. The van der Waals surface area contributed by atoms with Crippen molar-refractivity contribution in [3.63, 3.8) is 0 Å². The zero-order valence-corrected chi connectivity index (χ0v) is 15.6. The van der Waals surface area contributed by atoms with Crippen molar-refractivity contribution < 1.29 is 14.3 Å². The van der Waals surface area contributed by atoms with Crippen LogP contribution in [0.4, 0.5) is 4.79 Å². The number of piperazine rings is 1. The van der Waals surface area contributed by atoms with Crippen LogP contribution < -0.4 is 5.32 Å². The third-order valence-corrected chi connectivity index (χ3v) is 5.11. The van der Waals surface area contributed by atoms with Gasteiger partial charge >= 0.3 is 6.09 Å². The summed E-state index contributed by atoms with van der Waals surface area (Å²) < 4.78 is 5.21. The van der Waals surface area contributed by atoms with E-state index in [1.165, 1.54) is 0 Å². The van der Waals surface area contributed by atoms with Crippen molar-refractivity contribution in [2.45, 2.75) is 13.2 Å². The third-order valence-electron chi connectivity index (χ3n) is 4.38. The first kappa shape index (κ1) is 18.4. The quantitative estimate of drug-likeness (QED) is 0.875. The average molecular weight is 373 g/mol. The Balaban J connectivity index is 1.45. The highest BCUT2D eigenvalue weighted by Gasteiger charge is 2.20. The van der Waals surface area contributed by atoms with E-state index < -0.39 is 6.09 Å². The molecule has 6 nitrogen and oxygen atoms in total. The van der Waals surface area contributed by atoms with Gasteiger partial charge in [0.2, 0.25) is 0 Å². The van der Waals surface area contributed by atoms with Crippen molar-refractivity contribution in [1.29, 1.82) is 0 Å². The predicted molar refractivity (Wildman–Crippen MR) is 101 cm³/mol. The van der Waals surface area contributed by atoms with Crippen molar-refractivity contribution in [2.24, 2.45) is 0 Å². The summed E-state index contributed by atoms with van der Waals surface area (Å²) in [5, 5.41) is 6.66. The molecule has 7 heteroatoms. The topological polar surface area (TPSA) is 61.9 Å². The molecule has 0 saturated carbocycles. The minimum atomic E-state index is -0.450. The Labute approximate surface area is 157 Å². The molecule has 0 spiro atoms. The number of hydrogen-bond acceptors (Lipinski definition) is 5. The number of alkyl carbamates (subject to hydrolysis) is 1. The van der Waals surface area contributed by atoms with E-state index in [0.717, 1.165) is 37.3 Å². The van der Waals surface area contributed by atoms with Gasteiger partial charge in [0.25, 0.3) is 5.91 Å². The van der Waals surface area contributed by atoms with Gasteiger partial charge in [0.1, 0.15) is 6.61 Å². The Morgan fingerprint density at radius 2 is 1.81 bits per heavy atom. The molecule has 2 amide bonds. The van der Waals surface area contributed by atoms with Crippen LogP contribution in [0.2, 0.25) is 0 Å². The Morgan fingerprint density at radius 3 is 2.46 bits per heavy atom. The Kier molecular flexibility index (Phi) is 6.25. The molecule has 26 heavy (non-hydrogen) atoms. The average Bonchev–Trinajstić information content (AvgIpc) is 3.19. The summed E-state index contributed by atoms with van der Waals surface area (Å²) in [7, 11) is 2.06. The number of carbonyl (C=O) groups is 2. The van der Waals surface area contributed by atoms with Crippen LogP contribution in [0, 0.1) is 0 Å². The van der Waals surface area contributed by atoms with Crippen molar-refractivity contribution in [3.05, 3.63) is 57.8 Å². The minimum Gasteiger partial charge on any atom is -0.445 e. The number of nitrogens with one attached hydrogen (secondary N) is 1. The van der Waals surface area contributed by atoms with Gasteiger partial charge in [0, 0.05) is 38.3 Å². The molecule has 1 aromatic carbocycles. The van der Waals surface area contributed by atoms with E-state index >= 15 is 0 Å². The van der Waals surface area contributed by atoms with E-state index in [-0.39, 0.29) is 12.5 Å². The monoisotopic (exact) mass is 373 g/mol. The summed E-state index contributed by atoms with van der Waals surface area (Å²) >= 11 is 1.59. The van der Waals surface area contributed by atoms with Crippen LogP contribution in [0.1, 0.15) is 21.5 Å². The van der Waals surface area contributed by atoms with Crippen LogP contribution in [0.5, 0.6) is 0 Å². The van der Waals surface area contributed by atoms with Gasteiger partial charge in [0.05, 0.1) is 0 Å². The highest BCUT2D eigenvalue weighted by Crippen LogP contribution is 2.11. The van der Waals surface area contributed by atoms with Gasteiger partial charge in [-0.15, -0.1) is 0 Å². The normalized spacial score (nSPS) is 14.9. The Bertz CT molecular complexity index is 723. The number of rotatable bonds is 5. The molecule has 0 atom stereocenters. The first-order chi connectivity index (χ1) is 12.6. The Hall–Kier alpha value is -2.38. The minimum absolute atomic E-state index is 0.0547. The predicted octanol–water partition coefficient (Wildman–Crippen LogP) is 2.56. The molecule has 1 aromatic heterocycles. The number of likely N-dealkylation sites (N-methyl/N-ethyl adjacent to an activating group) is 1. The molecule has 1 saturated heterocycles. The van der Waals surface area contributed by atoms with Gasteiger partial charge in [-0.1, -0.05) is 12.1 Å². The van der Waals surface area contributed by atoms with Gasteiger partial charge in [-0.3, -0.25) is 4.79 Å². The third kappa shape index (κ3) is 5.06. The molecule has 1 aliphatic rings. The fourth-order valence-corrected chi connectivity index (χ4v) is 3.37. The number of hydrogen-bond donors (Lipinski definition) is 1. The number of nitrogens with zero attached hydrogens (tertiary/aromatic N) is 2. The molecule has 0 bridgehead atoms. The molecule has 3 rings (SSSR count). The zero-order valence-electron chi connectivity index (χ0n) is 14.8. The maximum absolute atomic E-state index is 12.5. The lowest BCUT2D eigenvalue weighted by Crippen LogP contribution is -2.47. The molecule has 1 fully saturated rings. The van der Waals surface area contributed by atoms with Crippen LogP contribution in [-0.2, 0) is 17.9 Å². The summed E-state index contributed by atoms with van der Waals surface area (Å²) in [5.74, 6) is 0.0547. The molecule has 0 radical (unpaired) electrons. The lowest BCUT2D eigenvalue weighted by molar-refractivity contribution is 0.0664. The summed E-state index contributed by atoms with van der Waals surface area (Å²) in [5.41, 5.74) is 2.57. The number of amides is 2. The second-order valence-electron chi connectivity index (χ2n) is 6.35. The van der Waals surface area contributed by atoms with E-state index in [9.17, 15) is 9.59 Å². The smallest absolute Gasteiger partial charge is 0.407 e. The van der Waals surface area contributed by atoms with E-state index in [0.29, 0.717) is 12.1 Å². The summed E-state index contributed by atoms with van der Waals surface area (Å²) in [6.45, 7) is 3.95. The number of carbonyl (C=O) groups excluding carboxylic acids is 2. The molecule has 1 N–H and O–H groups in total. The van der Waals surface area contributed by atoms with Gasteiger partial charge in [-0.05, 0) is 47.1 Å². The molecule has 2 heterocycles.